The molecule has 98 valence electrons. The van der Waals surface area contributed by atoms with Gasteiger partial charge in [0.1, 0.15) is 17.1 Å². The van der Waals surface area contributed by atoms with Crippen molar-refractivity contribution in [2.45, 2.75) is 6.61 Å². The Hall–Kier alpha value is -1.85. The van der Waals surface area contributed by atoms with Crippen LogP contribution < -0.4 is 4.74 Å². The molecule has 19 heavy (non-hydrogen) atoms. The molecule has 2 N–H and O–H groups in total. The van der Waals surface area contributed by atoms with E-state index in [1.807, 2.05) is 0 Å². The minimum absolute atomic E-state index is 0.0575. The zero-order chi connectivity index (χ0) is 13.8. The van der Waals surface area contributed by atoms with E-state index in [1.165, 1.54) is 6.07 Å². The van der Waals surface area contributed by atoms with Gasteiger partial charge in [0.2, 0.25) is 0 Å². The van der Waals surface area contributed by atoms with Gasteiger partial charge < -0.3 is 14.9 Å². The van der Waals surface area contributed by atoms with E-state index in [1.54, 1.807) is 36.4 Å². The van der Waals surface area contributed by atoms with E-state index in [-0.39, 0.29) is 17.9 Å². The zero-order valence-electron chi connectivity index (χ0n) is 9.84. The molecular weight excluding hydrogens is 312 g/mol. The van der Waals surface area contributed by atoms with Crippen molar-refractivity contribution >= 4 is 21.9 Å². The predicted octanol–water partition coefficient (Wildman–Crippen LogP) is 3.43. The molecule has 0 aliphatic rings. The molecule has 0 spiro atoms. The molecule has 0 aromatic heterocycles. The first-order valence-corrected chi connectivity index (χ1v) is 6.30. The highest BCUT2D eigenvalue weighted by atomic mass is 79.9. The van der Waals surface area contributed by atoms with E-state index in [0.29, 0.717) is 15.8 Å². The molecule has 0 unspecified atom stereocenters. The average molecular weight is 323 g/mol. The quantitative estimate of drug-likeness (QED) is 0.905. The summed E-state index contributed by atoms with van der Waals surface area (Å²) in [6.07, 6.45) is 0. The second-order valence-corrected chi connectivity index (χ2v) is 4.73. The van der Waals surface area contributed by atoms with Crippen LogP contribution in [0.2, 0.25) is 0 Å². The van der Waals surface area contributed by atoms with Crippen LogP contribution in [0.25, 0.3) is 0 Å². The molecule has 0 saturated carbocycles. The van der Waals surface area contributed by atoms with Gasteiger partial charge in [-0.05, 0) is 24.3 Å². The number of hydrogen-bond donors (Lipinski definition) is 2. The Labute approximate surface area is 118 Å². The standard InChI is InChI=1S/C14H11BrO4/c15-10-5-6-13(11(7-10)14(17)18)19-12-4-2-1-3-9(12)8-16/h1-7,16H,8H2,(H,17,18). The number of aliphatic hydroxyl groups excluding tert-OH is 1. The average Bonchev–Trinajstić information content (AvgIpc) is 2.41. The maximum Gasteiger partial charge on any atom is 0.339 e. The van der Waals surface area contributed by atoms with E-state index in [4.69, 9.17) is 9.84 Å². The Morgan fingerprint density at radius 1 is 1.16 bits per heavy atom. The van der Waals surface area contributed by atoms with E-state index in [2.05, 4.69) is 15.9 Å². The smallest absolute Gasteiger partial charge is 0.339 e. The Balaban J connectivity index is 2.41. The van der Waals surface area contributed by atoms with Gasteiger partial charge >= 0.3 is 5.97 Å². The molecule has 2 aromatic rings. The van der Waals surface area contributed by atoms with Gasteiger partial charge in [0.25, 0.3) is 0 Å². The Morgan fingerprint density at radius 3 is 2.58 bits per heavy atom. The number of aromatic carboxylic acids is 1. The molecular formula is C14H11BrO4. The molecule has 0 heterocycles. The van der Waals surface area contributed by atoms with Crippen molar-refractivity contribution in [3.05, 3.63) is 58.1 Å². The van der Waals surface area contributed by atoms with Crippen LogP contribution in [0.5, 0.6) is 11.5 Å². The van der Waals surface area contributed by atoms with Crippen LogP contribution in [-0.4, -0.2) is 16.2 Å². The van der Waals surface area contributed by atoms with Crippen molar-refractivity contribution in [3.8, 4) is 11.5 Å². The van der Waals surface area contributed by atoms with Crippen LogP contribution in [-0.2, 0) is 6.61 Å². The number of hydrogen-bond acceptors (Lipinski definition) is 3. The van der Waals surface area contributed by atoms with Gasteiger partial charge in [-0.15, -0.1) is 0 Å². The number of carbonyl (C=O) groups is 1. The minimum atomic E-state index is -1.07. The van der Waals surface area contributed by atoms with Crippen LogP contribution in [0.15, 0.2) is 46.9 Å². The van der Waals surface area contributed by atoms with Crippen LogP contribution in [0.1, 0.15) is 15.9 Å². The molecule has 0 aliphatic carbocycles. The molecule has 0 atom stereocenters. The van der Waals surface area contributed by atoms with E-state index >= 15 is 0 Å². The Kier molecular flexibility index (Phi) is 4.19. The summed E-state index contributed by atoms with van der Waals surface area (Å²) in [6, 6.07) is 11.7. The van der Waals surface area contributed by atoms with Gasteiger partial charge in [-0.2, -0.15) is 0 Å². The van der Waals surface area contributed by atoms with Crippen molar-refractivity contribution in [1.82, 2.24) is 0 Å². The number of aliphatic hydroxyl groups is 1. The zero-order valence-corrected chi connectivity index (χ0v) is 11.4. The van der Waals surface area contributed by atoms with Gasteiger partial charge in [-0.1, -0.05) is 34.1 Å². The summed E-state index contributed by atoms with van der Waals surface area (Å²) in [5.41, 5.74) is 0.656. The van der Waals surface area contributed by atoms with Crippen LogP contribution in [0.4, 0.5) is 0 Å². The number of benzene rings is 2. The largest absolute Gasteiger partial charge is 0.478 e. The second kappa shape index (κ2) is 5.86. The molecule has 4 nitrogen and oxygen atoms in total. The highest BCUT2D eigenvalue weighted by Gasteiger charge is 2.13. The lowest BCUT2D eigenvalue weighted by atomic mass is 10.2. The van der Waals surface area contributed by atoms with Gasteiger partial charge in [0.15, 0.2) is 0 Å². The molecule has 0 radical (unpaired) electrons. The molecule has 0 fully saturated rings. The fourth-order valence-electron chi connectivity index (χ4n) is 1.61. The third-order valence-corrected chi connectivity index (χ3v) is 3.03. The summed E-state index contributed by atoms with van der Waals surface area (Å²) in [6.45, 7) is -0.172. The molecule has 5 heteroatoms. The first-order chi connectivity index (χ1) is 9.11. The van der Waals surface area contributed by atoms with Gasteiger partial charge in [-0.25, -0.2) is 4.79 Å². The first-order valence-electron chi connectivity index (χ1n) is 5.51. The van der Waals surface area contributed by atoms with Crippen LogP contribution in [0, 0.1) is 0 Å². The van der Waals surface area contributed by atoms with Crippen LogP contribution >= 0.6 is 15.9 Å². The third-order valence-electron chi connectivity index (χ3n) is 2.53. The third kappa shape index (κ3) is 3.13. The van der Waals surface area contributed by atoms with Gasteiger partial charge in [0, 0.05) is 10.0 Å². The summed E-state index contributed by atoms with van der Waals surface area (Å²) in [4.78, 5) is 11.2. The number of rotatable bonds is 4. The monoisotopic (exact) mass is 322 g/mol. The highest BCUT2D eigenvalue weighted by molar-refractivity contribution is 9.10. The van der Waals surface area contributed by atoms with E-state index < -0.39 is 5.97 Å². The molecule has 2 rings (SSSR count). The normalized spacial score (nSPS) is 10.2. The van der Waals surface area contributed by atoms with Crippen molar-refractivity contribution in [3.63, 3.8) is 0 Å². The van der Waals surface area contributed by atoms with E-state index in [0.717, 1.165) is 0 Å². The van der Waals surface area contributed by atoms with E-state index in [9.17, 15) is 9.90 Å². The van der Waals surface area contributed by atoms with Crippen molar-refractivity contribution in [2.24, 2.45) is 0 Å². The minimum Gasteiger partial charge on any atom is -0.478 e. The summed E-state index contributed by atoms with van der Waals surface area (Å²) in [5, 5.41) is 18.4. The van der Waals surface area contributed by atoms with Gasteiger partial charge in [-0.3, -0.25) is 0 Å². The number of carboxylic acid groups (broad SMARTS) is 1. The van der Waals surface area contributed by atoms with Crippen LogP contribution in [0.3, 0.4) is 0 Å². The number of halogens is 1. The number of carboxylic acids is 1. The number of para-hydroxylation sites is 1. The molecule has 0 saturated heterocycles. The van der Waals surface area contributed by atoms with Crippen molar-refractivity contribution in [2.75, 3.05) is 0 Å². The number of ether oxygens (including phenoxy) is 1. The fourth-order valence-corrected chi connectivity index (χ4v) is 1.97. The summed E-state index contributed by atoms with van der Waals surface area (Å²) in [7, 11) is 0. The molecule has 0 amide bonds. The van der Waals surface area contributed by atoms with Gasteiger partial charge in [0.05, 0.1) is 6.61 Å². The lowest BCUT2D eigenvalue weighted by molar-refractivity contribution is 0.0694. The predicted molar refractivity (Wildman–Crippen MR) is 73.5 cm³/mol. The van der Waals surface area contributed by atoms with Crippen molar-refractivity contribution in [1.29, 1.82) is 0 Å². The topological polar surface area (TPSA) is 66.8 Å². The molecule has 0 aliphatic heterocycles. The molecule has 0 bridgehead atoms. The highest BCUT2D eigenvalue weighted by Crippen LogP contribution is 2.30. The second-order valence-electron chi connectivity index (χ2n) is 3.81. The Bertz CT molecular complexity index is 610. The summed E-state index contributed by atoms with van der Waals surface area (Å²) in [5.74, 6) is -0.399. The Morgan fingerprint density at radius 2 is 1.89 bits per heavy atom. The summed E-state index contributed by atoms with van der Waals surface area (Å²) < 4.78 is 6.25. The summed E-state index contributed by atoms with van der Waals surface area (Å²) >= 11 is 3.22. The molecule has 2 aromatic carbocycles. The fraction of sp³-hybridized carbons (Fsp3) is 0.0714. The van der Waals surface area contributed by atoms with Crippen molar-refractivity contribution < 1.29 is 19.7 Å². The maximum absolute atomic E-state index is 11.2. The maximum atomic E-state index is 11.2. The first kappa shape index (κ1) is 13.6. The SMILES string of the molecule is O=C(O)c1cc(Br)ccc1Oc1ccccc1CO. The lowest BCUT2D eigenvalue weighted by Gasteiger charge is -2.11. The lowest BCUT2D eigenvalue weighted by Crippen LogP contribution is -2.01.